The molecular formula is C9H11IOS. The van der Waals surface area contributed by atoms with Crippen molar-refractivity contribution in [3.63, 3.8) is 0 Å². The van der Waals surface area contributed by atoms with Gasteiger partial charge in [-0.25, -0.2) is 0 Å². The molecule has 0 heterocycles. The molecule has 3 heteroatoms. The quantitative estimate of drug-likeness (QED) is 0.783. The molecule has 0 aliphatic heterocycles. The summed E-state index contributed by atoms with van der Waals surface area (Å²) in [6.45, 7) is 2.05. The van der Waals surface area contributed by atoms with Crippen LogP contribution in [0, 0.1) is 3.57 Å². The lowest BCUT2D eigenvalue weighted by molar-refractivity contribution is 0.682. The third-order valence-corrected chi connectivity index (χ3v) is 3.76. The Hall–Kier alpha value is 0.1000. The Labute approximate surface area is 89.2 Å². The average Bonchev–Trinajstić information content (AvgIpc) is 2.06. The van der Waals surface area contributed by atoms with Crippen LogP contribution in [-0.2, 0) is 10.8 Å². The van der Waals surface area contributed by atoms with E-state index in [2.05, 4.69) is 22.6 Å². The zero-order valence-electron chi connectivity index (χ0n) is 6.92. The SMILES string of the molecule is CCCS(=O)c1ccc(I)cc1. The minimum atomic E-state index is -0.795. The fraction of sp³-hybridized carbons (Fsp3) is 0.333. The van der Waals surface area contributed by atoms with Crippen LogP contribution < -0.4 is 0 Å². The van der Waals surface area contributed by atoms with E-state index < -0.39 is 10.8 Å². The smallest absolute Gasteiger partial charge is 0.0529 e. The van der Waals surface area contributed by atoms with Crippen LogP contribution in [0.1, 0.15) is 13.3 Å². The number of halogens is 1. The van der Waals surface area contributed by atoms with Gasteiger partial charge in [-0.05, 0) is 53.3 Å². The number of hydrogen-bond acceptors (Lipinski definition) is 1. The lowest BCUT2D eigenvalue weighted by Gasteiger charge is -1.99. The van der Waals surface area contributed by atoms with Crippen LogP contribution in [0.2, 0.25) is 0 Å². The van der Waals surface area contributed by atoms with Crippen LogP contribution in [0.4, 0.5) is 0 Å². The molecule has 1 aromatic rings. The molecule has 0 bridgehead atoms. The van der Waals surface area contributed by atoms with Crippen molar-refractivity contribution >= 4 is 33.4 Å². The topological polar surface area (TPSA) is 17.1 Å². The molecule has 12 heavy (non-hydrogen) atoms. The Bertz CT molecular complexity index is 268. The van der Waals surface area contributed by atoms with Crippen molar-refractivity contribution in [3.8, 4) is 0 Å². The zero-order valence-corrected chi connectivity index (χ0v) is 9.89. The minimum Gasteiger partial charge on any atom is -0.254 e. The number of hydrogen-bond donors (Lipinski definition) is 0. The highest BCUT2D eigenvalue weighted by Gasteiger charge is 2.00. The normalized spacial score (nSPS) is 12.8. The predicted molar refractivity (Wildman–Crippen MR) is 60.7 cm³/mol. The van der Waals surface area contributed by atoms with E-state index >= 15 is 0 Å². The summed E-state index contributed by atoms with van der Waals surface area (Å²) >= 11 is 2.24. The molecule has 0 amide bonds. The first-order valence-electron chi connectivity index (χ1n) is 3.88. The van der Waals surface area contributed by atoms with Crippen LogP contribution >= 0.6 is 22.6 Å². The van der Waals surface area contributed by atoms with Crippen LogP contribution in [-0.4, -0.2) is 9.96 Å². The lowest BCUT2D eigenvalue weighted by Crippen LogP contribution is -1.95. The summed E-state index contributed by atoms with van der Waals surface area (Å²) in [7, 11) is -0.795. The highest BCUT2D eigenvalue weighted by atomic mass is 127. The van der Waals surface area contributed by atoms with E-state index in [4.69, 9.17) is 0 Å². The van der Waals surface area contributed by atoms with Crippen molar-refractivity contribution in [2.75, 3.05) is 5.75 Å². The van der Waals surface area contributed by atoms with Gasteiger partial charge in [-0.1, -0.05) is 6.92 Å². The highest BCUT2D eigenvalue weighted by Crippen LogP contribution is 2.10. The van der Waals surface area contributed by atoms with Crippen LogP contribution in [0.15, 0.2) is 29.2 Å². The summed E-state index contributed by atoms with van der Waals surface area (Å²) in [5.41, 5.74) is 0. The van der Waals surface area contributed by atoms with E-state index in [9.17, 15) is 4.21 Å². The molecule has 0 aliphatic rings. The Morgan fingerprint density at radius 2 is 1.92 bits per heavy atom. The fourth-order valence-corrected chi connectivity index (χ4v) is 2.30. The second-order valence-electron chi connectivity index (χ2n) is 2.50. The molecular weight excluding hydrogens is 283 g/mol. The summed E-state index contributed by atoms with van der Waals surface area (Å²) < 4.78 is 12.6. The summed E-state index contributed by atoms with van der Waals surface area (Å²) in [6.07, 6.45) is 0.971. The van der Waals surface area contributed by atoms with Gasteiger partial charge in [-0.2, -0.15) is 0 Å². The zero-order chi connectivity index (χ0) is 8.97. The summed E-state index contributed by atoms with van der Waals surface area (Å²) in [5.74, 6) is 0.764. The maximum Gasteiger partial charge on any atom is 0.0529 e. The molecule has 66 valence electrons. The number of benzene rings is 1. The molecule has 0 saturated heterocycles. The summed E-state index contributed by atoms with van der Waals surface area (Å²) in [6, 6.07) is 7.86. The van der Waals surface area contributed by atoms with Gasteiger partial charge in [-0.3, -0.25) is 4.21 Å². The summed E-state index contributed by atoms with van der Waals surface area (Å²) in [5, 5.41) is 0. The second-order valence-corrected chi connectivity index (χ2v) is 5.32. The van der Waals surface area contributed by atoms with Crippen molar-refractivity contribution in [3.05, 3.63) is 27.8 Å². The maximum absolute atomic E-state index is 11.5. The second kappa shape index (κ2) is 4.97. The first kappa shape index (κ1) is 10.2. The number of rotatable bonds is 3. The standard InChI is InChI=1S/C9H11IOS/c1-2-7-12(11)9-5-3-8(10)4-6-9/h3-6H,2,7H2,1H3. The van der Waals surface area contributed by atoms with Gasteiger partial charge in [0.25, 0.3) is 0 Å². The van der Waals surface area contributed by atoms with Crippen molar-refractivity contribution < 1.29 is 4.21 Å². The Kier molecular flexibility index (Phi) is 4.21. The molecule has 1 atom stereocenters. The summed E-state index contributed by atoms with van der Waals surface area (Å²) in [4.78, 5) is 0.942. The molecule has 0 radical (unpaired) electrons. The van der Waals surface area contributed by atoms with Crippen LogP contribution in [0.3, 0.4) is 0 Å². The van der Waals surface area contributed by atoms with E-state index in [1.807, 2.05) is 31.2 Å². The monoisotopic (exact) mass is 294 g/mol. The molecule has 0 saturated carbocycles. The van der Waals surface area contributed by atoms with Gasteiger partial charge >= 0.3 is 0 Å². The van der Waals surface area contributed by atoms with Crippen molar-refractivity contribution in [2.45, 2.75) is 18.2 Å². The molecule has 0 N–H and O–H groups in total. The molecule has 1 nitrogen and oxygen atoms in total. The average molecular weight is 294 g/mol. The molecule has 0 spiro atoms. The first-order valence-corrected chi connectivity index (χ1v) is 6.27. The largest absolute Gasteiger partial charge is 0.254 e. The Morgan fingerprint density at radius 1 is 1.33 bits per heavy atom. The third kappa shape index (κ3) is 2.86. The van der Waals surface area contributed by atoms with Crippen LogP contribution in [0.5, 0.6) is 0 Å². The maximum atomic E-state index is 11.5. The van der Waals surface area contributed by atoms with Gasteiger partial charge in [-0.15, -0.1) is 0 Å². The minimum absolute atomic E-state index is 0.764. The van der Waals surface area contributed by atoms with E-state index in [0.29, 0.717) is 0 Å². The third-order valence-electron chi connectivity index (χ3n) is 1.47. The van der Waals surface area contributed by atoms with Crippen molar-refractivity contribution in [1.82, 2.24) is 0 Å². The van der Waals surface area contributed by atoms with Crippen molar-refractivity contribution in [2.24, 2.45) is 0 Å². The van der Waals surface area contributed by atoms with Crippen LogP contribution in [0.25, 0.3) is 0 Å². The van der Waals surface area contributed by atoms with Gasteiger partial charge in [0.15, 0.2) is 0 Å². The molecule has 1 aromatic carbocycles. The Balaban J connectivity index is 2.75. The van der Waals surface area contributed by atoms with Gasteiger partial charge in [0.1, 0.15) is 0 Å². The molecule has 1 rings (SSSR count). The fourth-order valence-electron chi connectivity index (χ4n) is 0.890. The van der Waals surface area contributed by atoms with E-state index in [1.54, 1.807) is 0 Å². The molecule has 1 unspecified atom stereocenters. The lowest BCUT2D eigenvalue weighted by atomic mass is 10.4. The molecule has 0 aromatic heterocycles. The van der Waals surface area contributed by atoms with Crippen molar-refractivity contribution in [1.29, 1.82) is 0 Å². The first-order chi connectivity index (χ1) is 5.74. The highest BCUT2D eigenvalue weighted by molar-refractivity contribution is 14.1. The molecule has 0 aliphatic carbocycles. The molecule has 0 fully saturated rings. The van der Waals surface area contributed by atoms with E-state index in [1.165, 1.54) is 3.57 Å². The van der Waals surface area contributed by atoms with Gasteiger partial charge in [0.05, 0.1) is 10.8 Å². The van der Waals surface area contributed by atoms with E-state index in [-0.39, 0.29) is 0 Å². The van der Waals surface area contributed by atoms with E-state index in [0.717, 1.165) is 17.1 Å². The van der Waals surface area contributed by atoms with Gasteiger partial charge in [0.2, 0.25) is 0 Å². The Morgan fingerprint density at radius 3 is 2.42 bits per heavy atom. The predicted octanol–water partition coefficient (Wildman–Crippen LogP) is 2.81. The van der Waals surface area contributed by atoms with Gasteiger partial charge < -0.3 is 0 Å². The van der Waals surface area contributed by atoms with Gasteiger partial charge in [0, 0.05) is 14.2 Å².